The fourth-order valence-electron chi connectivity index (χ4n) is 1.85. The monoisotopic (exact) mass is 340 g/mol. The molecule has 0 aromatic carbocycles. The molecule has 0 fully saturated rings. The van der Waals surface area contributed by atoms with E-state index in [0.717, 1.165) is 31.4 Å². The molecule has 0 bridgehead atoms. The van der Waals surface area contributed by atoms with Crippen LogP contribution in [0.5, 0.6) is 0 Å². The molecule has 5 heteroatoms. The number of hydrogen-bond acceptors (Lipinski definition) is 4. The Hall–Kier alpha value is 0.920. The van der Waals surface area contributed by atoms with E-state index < -0.39 is 5.69 Å². The zero-order valence-electron chi connectivity index (χ0n) is 14.1. The highest BCUT2D eigenvalue weighted by atomic mass is 32.9. The maximum Gasteiger partial charge on any atom is 0.247 e. The van der Waals surface area contributed by atoms with Crippen LogP contribution in [0.4, 0.5) is 0 Å². The number of rotatable bonds is 12. The average Bonchev–Trinajstić information content (AvgIpc) is 2.27. The standard InChI is InChI=1S/C15H33O2PS2/c1-7-9-14(5)16-18(19,17-15(6)10-8-2)20-12-11-13(3)4/h13-15H,7-12H2,1-6H3. The SMILES string of the molecule is CCCC(C)OP(=S)(OC(C)CCC)SCCC(C)C. The van der Waals surface area contributed by atoms with E-state index in [1.807, 2.05) is 0 Å². The van der Waals surface area contributed by atoms with Crippen LogP contribution in [-0.2, 0) is 20.9 Å². The summed E-state index contributed by atoms with van der Waals surface area (Å²) in [6.07, 6.45) is 5.91. The third-order valence-corrected chi connectivity index (χ3v) is 8.40. The zero-order chi connectivity index (χ0) is 15.6. The van der Waals surface area contributed by atoms with Gasteiger partial charge in [0.15, 0.2) is 0 Å². The van der Waals surface area contributed by atoms with Gasteiger partial charge in [-0.25, -0.2) is 0 Å². The second-order valence-corrected chi connectivity index (χ2v) is 12.2. The minimum atomic E-state index is -2.20. The molecule has 0 saturated heterocycles. The third-order valence-electron chi connectivity index (χ3n) is 2.95. The van der Waals surface area contributed by atoms with E-state index in [2.05, 4.69) is 41.5 Å². The van der Waals surface area contributed by atoms with Crippen molar-refractivity contribution < 1.29 is 9.05 Å². The molecule has 122 valence electrons. The van der Waals surface area contributed by atoms with Crippen LogP contribution in [0.3, 0.4) is 0 Å². The van der Waals surface area contributed by atoms with Gasteiger partial charge in [-0.1, -0.05) is 51.9 Å². The fourth-order valence-corrected chi connectivity index (χ4v) is 7.70. The summed E-state index contributed by atoms with van der Waals surface area (Å²) in [7, 11) is 0. The molecule has 0 aliphatic rings. The Balaban J connectivity index is 4.52. The van der Waals surface area contributed by atoms with E-state index in [-0.39, 0.29) is 12.2 Å². The molecule has 0 aromatic heterocycles. The van der Waals surface area contributed by atoms with Crippen molar-refractivity contribution >= 4 is 28.9 Å². The molecule has 0 aromatic rings. The fraction of sp³-hybridized carbons (Fsp3) is 1.00. The molecule has 0 spiro atoms. The van der Waals surface area contributed by atoms with Gasteiger partial charge in [-0.15, -0.1) is 0 Å². The van der Waals surface area contributed by atoms with Crippen LogP contribution in [0, 0.1) is 5.92 Å². The molecule has 0 rings (SSSR count). The van der Waals surface area contributed by atoms with Crippen molar-refractivity contribution in [2.45, 2.75) is 85.9 Å². The lowest BCUT2D eigenvalue weighted by Crippen LogP contribution is -2.11. The first-order valence-electron chi connectivity index (χ1n) is 7.94. The van der Waals surface area contributed by atoms with Crippen molar-refractivity contribution in [3.05, 3.63) is 0 Å². The third kappa shape index (κ3) is 10.6. The Bertz CT molecular complexity index is 267. The Kier molecular flexibility index (Phi) is 12.0. The van der Waals surface area contributed by atoms with Crippen LogP contribution >= 0.6 is 17.1 Å². The van der Waals surface area contributed by atoms with Crippen LogP contribution in [0.15, 0.2) is 0 Å². The summed E-state index contributed by atoms with van der Waals surface area (Å²) in [5, 5.41) is 0. The van der Waals surface area contributed by atoms with Crippen LogP contribution in [-0.4, -0.2) is 18.0 Å². The predicted octanol–water partition coefficient (Wildman–Crippen LogP) is 6.40. The van der Waals surface area contributed by atoms with E-state index in [9.17, 15) is 0 Å². The van der Waals surface area contributed by atoms with Gasteiger partial charge in [0, 0.05) is 5.75 Å². The molecule has 20 heavy (non-hydrogen) atoms. The van der Waals surface area contributed by atoms with E-state index in [1.165, 1.54) is 6.42 Å². The molecule has 0 amide bonds. The lowest BCUT2D eigenvalue weighted by molar-refractivity contribution is 0.157. The maximum atomic E-state index is 6.14. The molecule has 2 unspecified atom stereocenters. The molecular weight excluding hydrogens is 307 g/mol. The van der Waals surface area contributed by atoms with Gasteiger partial charge in [0.2, 0.25) is 5.69 Å². The molecule has 0 heterocycles. The second-order valence-electron chi connectivity index (χ2n) is 5.87. The van der Waals surface area contributed by atoms with Crippen molar-refractivity contribution in [2.24, 2.45) is 5.92 Å². The lowest BCUT2D eigenvalue weighted by atomic mass is 10.2. The highest BCUT2D eigenvalue weighted by molar-refractivity contribution is 8.67. The summed E-state index contributed by atoms with van der Waals surface area (Å²) in [6.45, 7) is 13.1. The molecule has 0 aliphatic carbocycles. The van der Waals surface area contributed by atoms with E-state index in [0.29, 0.717) is 5.92 Å². The van der Waals surface area contributed by atoms with Crippen LogP contribution in [0.25, 0.3) is 0 Å². The van der Waals surface area contributed by atoms with Gasteiger partial charge in [0.05, 0.1) is 12.2 Å². The van der Waals surface area contributed by atoms with Crippen molar-refractivity contribution in [2.75, 3.05) is 5.75 Å². The Labute approximate surface area is 135 Å². The highest BCUT2D eigenvalue weighted by Gasteiger charge is 2.25. The first kappa shape index (κ1) is 20.9. The quantitative estimate of drug-likeness (QED) is 0.382. The summed E-state index contributed by atoms with van der Waals surface area (Å²) < 4.78 is 12.3. The highest BCUT2D eigenvalue weighted by Crippen LogP contribution is 2.63. The van der Waals surface area contributed by atoms with E-state index >= 15 is 0 Å². The van der Waals surface area contributed by atoms with E-state index in [4.69, 9.17) is 20.9 Å². The molecule has 2 nitrogen and oxygen atoms in total. The van der Waals surface area contributed by atoms with Gasteiger partial charge in [-0.2, -0.15) is 0 Å². The van der Waals surface area contributed by atoms with Gasteiger partial charge < -0.3 is 9.05 Å². The summed E-state index contributed by atoms with van der Waals surface area (Å²) in [6, 6.07) is 0. The largest absolute Gasteiger partial charge is 0.319 e. The van der Waals surface area contributed by atoms with E-state index in [1.54, 1.807) is 11.4 Å². The van der Waals surface area contributed by atoms with Crippen LogP contribution in [0.1, 0.15) is 73.6 Å². The normalized spacial score (nSPS) is 17.9. The van der Waals surface area contributed by atoms with Gasteiger partial charge in [0.1, 0.15) is 0 Å². The molecule has 0 radical (unpaired) electrons. The summed E-state index contributed by atoms with van der Waals surface area (Å²) in [4.78, 5) is 0. The van der Waals surface area contributed by atoms with Crippen LogP contribution < -0.4 is 0 Å². The number of hydrogen-bond donors (Lipinski definition) is 0. The van der Waals surface area contributed by atoms with Crippen molar-refractivity contribution in [3.63, 3.8) is 0 Å². The summed E-state index contributed by atoms with van der Waals surface area (Å²) in [5.41, 5.74) is -2.20. The smallest absolute Gasteiger partial charge is 0.247 e. The average molecular weight is 341 g/mol. The first-order valence-corrected chi connectivity index (χ1v) is 12.2. The van der Waals surface area contributed by atoms with Crippen molar-refractivity contribution in [1.82, 2.24) is 0 Å². The molecule has 0 aliphatic heterocycles. The summed E-state index contributed by atoms with van der Waals surface area (Å²) in [5.74, 6) is 1.74. The zero-order valence-corrected chi connectivity index (χ0v) is 16.6. The van der Waals surface area contributed by atoms with Crippen molar-refractivity contribution in [1.29, 1.82) is 0 Å². The molecule has 2 atom stereocenters. The Morgan fingerprint density at radius 1 is 0.900 bits per heavy atom. The topological polar surface area (TPSA) is 18.5 Å². The maximum absolute atomic E-state index is 6.14. The summed E-state index contributed by atoms with van der Waals surface area (Å²) >= 11 is 7.51. The van der Waals surface area contributed by atoms with Gasteiger partial charge in [-0.05, 0) is 50.8 Å². The Morgan fingerprint density at radius 2 is 1.35 bits per heavy atom. The second kappa shape index (κ2) is 11.5. The van der Waals surface area contributed by atoms with Gasteiger partial charge in [0.25, 0.3) is 0 Å². The minimum absolute atomic E-state index is 0.200. The van der Waals surface area contributed by atoms with Crippen LogP contribution in [0.2, 0.25) is 0 Å². The predicted molar refractivity (Wildman–Crippen MR) is 97.1 cm³/mol. The van der Waals surface area contributed by atoms with Crippen molar-refractivity contribution in [3.8, 4) is 0 Å². The molecular formula is C15H33O2PS2. The minimum Gasteiger partial charge on any atom is -0.319 e. The van der Waals surface area contributed by atoms with Gasteiger partial charge in [-0.3, -0.25) is 0 Å². The lowest BCUT2D eigenvalue weighted by Gasteiger charge is -2.28. The Morgan fingerprint density at radius 3 is 1.70 bits per heavy atom. The molecule has 0 N–H and O–H groups in total. The first-order chi connectivity index (χ1) is 9.33. The molecule has 0 saturated carbocycles. The van der Waals surface area contributed by atoms with Gasteiger partial charge >= 0.3 is 0 Å².